The number of rotatable bonds is 3. The van der Waals surface area contributed by atoms with Crippen LogP contribution in [0, 0.1) is 6.92 Å². The van der Waals surface area contributed by atoms with Gasteiger partial charge in [-0.05, 0) is 25.8 Å². The van der Waals surface area contributed by atoms with Crippen molar-refractivity contribution in [2.75, 3.05) is 13.1 Å². The zero-order valence-corrected chi connectivity index (χ0v) is 11.5. The molecule has 1 aromatic rings. The van der Waals surface area contributed by atoms with Crippen LogP contribution < -0.4 is 0 Å². The lowest BCUT2D eigenvalue weighted by molar-refractivity contribution is 0.285. The monoisotopic (exact) mass is 275 g/mol. The molecular weight excluding hydrogens is 258 g/mol. The first-order valence-electron chi connectivity index (χ1n) is 5.76. The van der Waals surface area contributed by atoms with Crippen LogP contribution in [0.15, 0.2) is 11.0 Å². The minimum atomic E-state index is -3.35. The van der Waals surface area contributed by atoms with E-state index in [4.69, 9.17) is 5.11 Å². The van der Waals surface area contributed by atoms with E-state index in [1.807, 2.05) is 0 Å². The Hall–Kier alpha value is -0.430. The van der Waals surface area contributed by atoms with E-state index in [0.717, 1.165) is 24.1 Å². The van der Waals surface area contributed by atoms with Crippen LogP contribution in [0.2, 0.25) is 0 Å². The summed E-state index contributed by atoms with van der Waals surface area (Å²) in [5, 5.41) is 9.05. The number of aryl methyl sites for hydroxylation is 1. The largest absolute Gasteiger partial charge is 0.391 e. The van der Waals surface area contributed by atoms with Crippen molar-refractivity contribution in [2.24, 2.45) is 0 Å². The molecule has 6 heteroatoms. The van der Waals surface area contributed by atoms with Gasteiger partial charge in [-0.25, -0.2) is 8.42 Å². The summed E-state index contributed by atoms with van der Waals surface area (Å²) in [6.07, 6.45) is 2.99. The highest BCUT2D eigenvalue weighted by Gasteiger charge is 2.28. The number of thiophene rings is 1. The number of piperidine rings is 1. The molecule has 1 aliphatic heterocycles. The summed E-state index contributed by atoms with van der Waals surface area (Å²) < 4.78 is 26.3. The van der Waals surface area contributed by atoms with Gasteiger partial charge in [0.25, 0.3) is 0 Å². The van der Waals surface area contributed by atoms with E-state index < -0.39 is 10.0 Å². The predicted molar refractivity (Wildman–Crippen MR) is 67.6 cm³/mol. The van der Waals surface area contributed by atoms with E-state index in [9.17, 15) is 8.42 Å². The van der Waals surface area contributed by atoms with Gasteiger partial charge in [0.2, 0.25) is 10.0 Å². The molecule has 1 aromatic heterocycles. The van der Waals surface area contributed by atoms with Gasteiger partial charge in [-0.3, -0.25) is 0 Å². The summed E-state index contributed by atoms with van der Waals surface area (Å²) >= 11 is 1.35. The molecule has 1 N–H and O–H groups in total. The summed E-state index contributed by atoms with van der Waals surface area (Å²) in [5.41, 5.74) is 0. The fourth-order valence-corrected chi connectivity index (χ4v) is 5.08. The summed E-state index contributed by atoms with van der Waals surface area (Å²) in [5.74, 6) is 0. The maximum absolute atomic E-state index is 12.4. The Kier molecular flexibility index (Phi) is 3.87. The smallest absolute Gasteiger partial charge is 0.244 e. The molecule has 2 heterocycles. The SMILES string of the molecule is Cc1sc(CO)cc1S(=O)(=O)N1CCCCC1. The Morgan fingerprint density at radius 1 is 1.35 bits per heavy atom. The topological polar surface area (TPSA) is 57.6 Å². The molecule has 1 fully saturated rings. The van der Waals surface area contributed by atoms with E-state index in [0.29, 0.717) is 22.9 Å². The third kappa shape index (κ3) is 2.54. The van der Waals surface area contributed by atoms with E-state index in [2.05, 4.69) is 0 Å². The molecule has 0 amide bonds. The number of aliphatic hydroxyl groups excluding tert-OH is 1. The number of aliphatic hydroxyl groups is 1. The van der Waals surface area contributed by atoms with Gasteiger partial charge in [0, 0.05) is 22.8 Å². The Balaban J connectivity index is 2.33. The third-order valence-electron chi connectivity index (χ3n) is 3.01. The maximum Gasteiger partial charge on any atom is 0.244 e. The van der Waals surface area contributed by atoms with Crippen molar-refractivity contribution in [3.05, 3.63) is 15.8 Å². The van der Waals surface area contributed by atoms with Gasteiger partial charge >= 0.3 is 0 Å². The lowest BCUT2D eigenvalue weighted by Gasteiger charge is -2.25. The number of nitrogens with zero attached hydrogens (tertiary/aromatic N) is 1. The standard InChI is InChI=1S/C11H17NO3S2/c1-9-11(7-10(8-13)16-9)17(14,15)12-5-3-2-4-6-12/h7,13H,2-6,8H2,1H3. The summed E-state index contributed by atoms with van der Waals surface area (Å²) in [6.45, 7) is 2.93. The highest BCUT2D eigenvalue weighted by Crippen LogP contribution is 2.29. The van der Waals surface area contributed by atoms with Gasteiger partial charge in [-0.2, -0.15) is 4.31 Å². The highest BCUT2D eigenvalue weighted by molar-refractivity contribution is 7.89. The number of hydrogen-bond donors (Lipinski definition) is 1. The molecule has 4 nitrogen and oxygen atoms in total. The Morgan fingerprint density at radius 3 is 2.53 bits per heavy atom. The molecule has 0 bridgehead atoms. The van der Waals surface area contributed by atoms with Crippen LogP contribution in [0.25, 0.3) is 0 Å². The van der Waals surface area contributed by atoms with Crippen LogP contribution in [0.4, 0.5) is 0 Å². The summed E-state index contributed by atoms with van der Waals surface area (Å²) in [4.78, 5) is 1.84. The van der Waals surface area contributed by atoms with Gasteiger partial charge in [0.1, 0.15) is 0 Å². The summed E-state index contributed by atoms with van der Waals surface area (Å²) in [6, 6.07) is 1.60. The molecule has 1 saturated heterocycles. The van der Waals surface area contributed by atoms with Crippen molar-refractivity contribution in [1.29, 1.82) is 0 Å². The predicted octanol–water partition coefficient (Wildman–Crippen LogP) is 1.72. The van der Waals surface area contributed by atoms with Crippen LogP contribution in [0.3, 0.4) is 0 Å². The molecule has 0 atom stereocenters. The van der Waals surface area contributed by atoms with Crippen LogP contribution in [0.5, 0.6) is 0 Å². The van der Waals surface area contributed by atoms with Crippen molar-refractivity contribution in [3.8, 4) is 0 Å². The quantitative estimate of drug-likeness (QED) is 0.914. The first-order chi connectivity index (χ1) is 8.05. The van der Waals surface area contributed by atoms with Gasteiger partial charge in [-0.15, -0.1) is 11.3 Å². The molecule has 0 aliphatic carbocycles. The maximum atomic E-state index is 12.4. The van der Waals surface area contributed by atoms with Crippen molar-refractivity contribution in [3.63, 3.8) is 0 Å². The fourth-order valence-electron chi connectivity index (χ4n) is 2.10. The molecule has 0 aromatic carbocycles. The Morgan fingerprint density at radius 2 is 2.00 bits per heavy atom. The van der Waals surface area contributed by atoms with Crippen molar-refractivity contribution >= 4 is 21.4 Å². The zero-order chi connectivity index (χ0) is 12.5. The molecule has 1 aliphatic rings. The fraction of sp³-hybridized carbons (Fsp3) is 0.636. The minimum absolute atomic E-state index is 0.0962. The average molecular weight is 275 g/mol. The number of hydrogen-bond acceptors (Lipinski definition) is 4. The molecule has 0 spiro atoms. The van der Waals surface area contributed by atoms with E-state index in [1.54, 1.807) is 17.3 Å². The third-order valence-corrected chi connectivity index (χ3v) is 6.20. The lowest BCUT2D eigenvalue weighted by atomic mass is 10.2. The van der Waals surface area contributed by atoms with Crippen LogP contribution in [-0.2, 0) is 16.6 Å². The zero-order valence-electron chi connectivity index (χ0n) is 9.85. The second kappa shape index (κ2) is 5.06. The molecule has 2 rings (SSSR count). The van der Waals surface area contributed by atoms with Crippen LogP contribution in [0.1, 0.15) is 29.0 Å². The second-order valence-corrected chi connectivity index (χ2v) is 7.50. The van der Waals surface area contributed by atoms with E-state index in [1.165, 1.54) is 11.3 Å². The Bertz CT molecular complexity index is 487. The summed E-state index contributed by atoms with van der Waals surface area (Å²) in [7, 11) is -3.35. The molecule has 0 saturated carbocycles. The lowest BCUT2D eigenvalue weighted by Crippen LogP contribution is -2.35. The van der Waals surface area contributed by atoms with E-state index in [-0.39, 0.29) is 6.61 Å². The highest BCUT2D eigenvalue weighted by atomic mass is 32.2. The van der Waals surface area contributed by atoms with Gasteiger partial charge in [-0.1, -0.05) is 6.42 Å². The Labute approximate surface area is 106 Å². The first-order valence-corrected chi connectivity index (χ1v) is 8.01. The molecular formula is C11H17NO3S2. The van der Waals surface area contributed by atoms with Crippen molar-refractivity contribution < 1.29 is 13.5 Å². The number of sulfonamides is 1. The molecule has 96 valence electrons. The normalized spacial score (nSPS) is 18.5. The van der Waals surface area contributed by atoms with Crippen LogP contribution in [-0.4, -0.2) is 30.9 Å². The van der Waals surface area contributed by atoms with Crippen molar-refractivity contribution in [2.45, 2.75) is 37.7 Å². The van der Waals surface area contributed by atoms with E-state index >= 15 is 0 Å². The molecule has 0 unspecified atom stereocenters. The van der Waals surface area contributed by atoms with Crippen LogP contribution >= 0.6 is 11.3 Å². The second-order valence-electron chi connectivity index (χ2n) is 4.26. The molecule has 0 radical (unpaired) electrons. The van der Waals surface area contributed by atoms with Gasteiger partial charge in [0.05, 0.1) is 11.5 Å². The first kappa shape index (κ1) is 13.0. The van der Waals surface area contributed by atoms with Gasteiger partial charge in [0.15, 0.2) is 0 Å². The van der Waals surface area contributed by atoms with Crippen molar-refractivity contribution in [1.82, 2.24) is 4.31 Å². The average Bonchev–Trinajstić information content (AvgIpc) is 2.72. The minimum Gasteiger partial charge on any atom is -0.391 e. The van der Waals surface area contributed by atoms with Gasteiger partial charge < -0.3 is 5.11 Å². The molecule has 17 heavy (non-hydrogen) atoms.